The molecule has 2 saturated heterocycles. The summed E-state index contributed by atoms with van der Waals surface area (Å²) < 4.78 is 0. The highest BCUT2D eigenvalue weighted by atomic mass is 32.2. The van der Waals surface area contributed by atoms with Crippen molar-refractivity contribution >= 4 is 29.4 Å². The first-order valence-electron chi connectivity index (χ1n) is 6.50. The maximum atomic E-state index is 11.4. The second-order valence-corrected chi connectivity index (χ2v) is 7.22. The first-order chi connectivity index (χ1) is 8.66. The van der Waals surface area contributed by atoms with Gasteiger partial charge in [-0.15, -0.1) is 0 Å². The van der Waals surface area contributed by atoms with E-state index in [9.17, 15) is 9.90 Å². The van der Waals surface area contributed by atoms with Crippen molar-refractivity contribution in [1.82, 2.24) is 9.80 Å². The summed E-state index contributed by atoms with van der Waals surface area (Å²) in [5.74, 6) is 4.84. The van der Waals surface area contributed by atoms with Crippen LogP contribution in [-0.2, 0) is 4.79 Å². The van der Waals surface area contributed by atoms with Gasteiger partial charge in [-0.05, 0) is 0 Å². The van der Waals surface area contributed by atoms with E-state index in [1.54, 1.807) is 11.8 Å². The van der Waals surface area contributed by atoms with E-state index in [2.05, 4.69) is 4.90 Å². The Morgan fingerprint density at radius 3 is 2.44 bits per heavy atom. The predicted molar refractivity (Wildman–Crippen MR) is 78.3 cm³/mol. The summed E-state index contributed by atoms with van der Waals surface area (Å²) in [5, 5.41) is 10.0. The Morgan fingerprint density at radius 1 is 1.17 bits per heavy atom. The molecule has 1 amide bonds. The zero-order valence-corrected chi connectivity index (χ0v) is 12.5. The van der Waals surface area contributed by atoms with Gasteiger partial charge in [0.2, 0.25) is 5.91 Å². The Kier molecular flexibility index (Phi) is 5.66. The number of nitrogens with zero attached hydrogens (tertiary/aromatic N) is 2. The van der Waals surface area contributed by atoms with Crippen LogP contribution in [0.15, 0.2) is 0 Å². The lowest BCUT2D eigenvalue weighted by atomic mass is 10.2. The minimum atomic E-state index is -0.408. The van der Waals surface area contributed by atoms with Gasteiger partial charge in [-0.25, -0.2) is 0 Å². The molecular weight excluding hydrogens is 268 g/mol. The fourth-order valence-electron chi connectivity index (χ4n) is 2.45. The van der Waals surface area contributed by atoms with E-state index in [0.717, 1.165) is 24.6 Å². The first kappa shape index (κ1) is 14.5. The van der Waals surface area contributed by atoms with Gasteiger partial charge in [0.05, 0.1) is 6.10 Å². The van der Waals surface area contributed by atoms with E-state index in [-0.39, 0.29) is 5.91 Å². The molecule has 2 rings (SSSR count). The second kappa shape index (κ2) is 7.03. The van der Waals surface area contributed by atoms with Gasteiger partial charge in [-0.3, -0.25) is 9.69 Å². The molecule has 0 spiro atoms. The van der Waals surface area contributed by atoms with Gasteiger partial charge in [0.1, 0.15) is 0 Å². The lowest BCUT2D eigenvalue weighted by Crippen LogP contribution is -2.43. The molecule has 0 aromatic heterocycles. The molecule has 2 fully saturated rings. The fourth-order valence-corrected chi connectivity index (χ4v) is 5.07. The van der Waals surface area contributed by atoms with Crippen molar-refractivity contribution in [3.8, 4) is 0 Å². The molecule has 2 aliphatic heterocycles. The van der Waals surface area contributed by atoms with Gasteiger partial charge >= 0.3 is 0 Å². The molecule has 2 heterocycles. The van der Waals surface area contributed by atoms with Crippen molar-refractivity contribution in [2.75, 3.05) is 49.2 Å². The number of carbonyl (C=O) groups is 1. The van der Waals surface area contributed by atoms with Crippen molar-refractivity contribution in [3.05, 3.63) is 0 Å². The largest absolute Gasteiger partial charge is 0.390 e. The molecule has 0 aliphatic carbocycles. The summed E-state index contributed by atoms with van der Waals surface area (Å²) in [4.78, 5) is 15.6. The zero-order chi connectivity index (χ0) is 13.0. The maximum absolute atomic E-state index is 11.4. The van der Waals surface area contributed by atoms with E-state index in [1.807, 2.05) is 23.5 Å². The summed E-state index contributed by atoms with van der Waals surface area (Å²) in [6.45, 7) is 4.41. The molecule has 0 aromatic rings. The third kappa shape index (κ3) is 4.05. The summed E-state index contributed by atoms with van der Waals surface area (Å²) >= 11 is 4.02. The number of thioether (sulfide) groups is 2. The molecule has 0 radical (unpaired) electrons. The van der Waals surface area contributed by atoms with Crippen LogP contribution in [0, 0.1) is 0 Å². The number of aliphatic hydroxyl groups is 1. The molecular formula is C12H22N2O2S2. The average molecular weight is 290 g/mol. The van der Waals surface area contributed by atoms with Crippen LogP contribution in [0.4, 0.5) is 0 Å². The Bertz CT molecular complexity index is 283. The lowest BCUT2D eigenvalue weighted by Gasteiger charge is -2.29. The molecule has 2 aliphatic rings. The summed E-state index contributed by atoms with van der Waals surface area (Å²) in [6, 6.07) is 0.545. The van der Waals surface area contributed by atoms with E-state index in [4.69, 9.17) is 0 Å². The average Bonchev–Trinajstić information content (AvgIpc) is 2.68. The van der Waals surface area contributed by atoms with Gasteiger partial charge in [0.15, 0.2) is 0 Å². The van der Waals surface area contributed by atoms with Crippen molar-refractivity contribution in [1.29, 1.82) is 0 Å². The van der Waals surface area contributed by atoms with Crippen molar-refractivity contribution in [2.24, 2.45) is 0 Å². The van der Waals surface area contributed by atoms with Crippen molar-refractivity contribution in [3.63, 3.8) is 0 Å². The van der Waals surface area contributed by atoms with Crippen LogP contribution in [0.5, 0.6) is 0 Å². The maximum Gasteiger partial charge on any atom is 0.219 e. The first-order valence-corrected chi connectivity index (χ1v) is 8.81. The zero-order valence-electron chi connectivity index (χ0n) is 10.9. The van der Waals surface area contributed by atoms with Crippen molar-refractivity contribution < 1.29 is 9.90 Å². The van der Waals surface area contributed by atoms with E-state index >= 15 is 0 Å². The fraction of sp³-hybridized carbons (Fsp3) is 0.917. The minimum absolute atomic E-state index is 0.0699. The molecule has 4 nitrogen and oxygen atoms in total. The third-order valence-electron chi connectivity index (χ3n) is 3.49. The highest BCUT2D eigenvalue weighted by Crippen LogP contribution is 2.21. The Hall–Kier alpha value is 0.0900. The second-order valence-electron chi connectivity index (χ2n) is 4.92. The topological polar surface area (TPSA) is 43.8 Å². The van der Waals surface area contributed by atoms with Crippen molar-refractivity contribution in [2.45, 2.75) is 19.1 Å². The molecule has 0 bridgehead atoms. The van der Waals surface area contributed by atoms with Crippen LogP contribution in [0.2, 0.25) is 0 Å². The van der Waals surface area contributed by atoms with Crippen LogP contribution in [0.25, 0.3) is 0 Å². The Labute approximate surface area is 117 Å². The third-order valence-corrected chi connectivity index (χ3v) is 5.97. The van der Waals surface area contributed by atoms with Crippen LogP contribution in [0.3, 0.4) is 0 Å². The van der Waals surface area contributed by atoms with E-state index in [0.29, 0.717) is 19.1 Å². The SMILES string of the molecule is CC(=O)N1CCN(C2CSCCSC2)C[C@@H](O)C1. The molecule has 104 valence electrons. The molecule has 0 saturated carbocycles. The standard InChI is InChI=1S/C12H22N2O2S2/c1-10(15)13-2-3-14(7-12(16)6-13)11-8-17-4-5-18-9-11/h11-12,16H,2-9H2,1H3/t12-/m0/s1. The molecule has 1 N–H and O–H groups in total. The number of rotatable bonds is 1. The molecule has 0 aromatic carbocycles. The van der Waals surface area contributed by atoms with Gasteiger partial charge in [0.25, 0.3) is 0 Å². The number of β-amino-alcohol motifs (C(OH)–C–C–N with tert-alkyl or cyclic N) is 1. The highest BCUT2D eigenvalue weighted by molar-refractivity contribution is 8.03. The van der Waals surface area contributed by atoms with Gasteiger partial charge in [0, 0.05) is 62.2 Å². The van der Waals surface area contributed by atoms with E-state index < -0.39 is 6.10 Å². The number of hydrogen-bond donors (Lipinski definition) is 1. The van der Waals surface area contributed by atoms with Crippen LogP contribution >= 0.6 is 23.5 Å². The Morgan fingerprint density at radius 2 is 1.83 bits per heavy atom. The smallest absolute Gasteiger partial charge is 0.219 e. The van der Waals surface area contributed by atoms with Gasteiger partial charge < -0.3 is 10.0 Å². The van der Waals surface area contributed by atoms with E-state index in [1.165, 1.54) is 11.5 Å². The van der Waals surface area contributed by atoms with Gasteiger partial charge in [-0.1, -0.05) is 0 Å². The number of hydrogen-bond acceptors (Lipinski definition) is 5. The molecule has 18 heavy (non-hydrogen) atoms. The van der Waals surface area contributed by atoms with Gasteiger partial charge in [-0.2, -0.15) is 23.5 Å². The monoisotopic (exact) mass is 290 g/mol. The summed E-state index contributed by atoms with van der Waals surface area (Å²) in [5.41, 5.74) is 0. The normalized spacial score (nSPS) is 28.8. The minimum Gasteiger partial charge on any atom is -0.390 e. The molecule has 1 atom stereocenters. The molecule has 6 heteroatoms. The van der Waals surface area contributed by atoms with Crippen LogP contribution < -0.4 is 0 Å². The lowest BCUT2D eigenvalue weighted by molar-refractivity contribution is -0.129. The quantitative estimate of drug-likeness (QED) is 0.755. The van der Waals surface area contributed by atoms with Crippen LogP contribution in [-0.4, -0.2) is 82.1 Å². The predicted octanol–water partition coefficient (Wildman–Crippen LogP) is 0.360. The molecule has 0 unspecified atom stereocenters. The highest BCUT2D eigenvalue weighted by Gasteiger charge is 2.27. The van der Waals surface area contributed by atoms with Crippen LogP contribution in [0.1, 0.15) is 6.92 Å². The number of amides is 1. The number of carbonyl (C=O) groups excluding carboxylic acids is 1. The Balaban J connectivity index is 1.94. The summed E-state index contributed by atoms with van der Waals surface area (Å²) in [6.07, 6.45) is -0.408. The summed E-state index contributed by atoms with van der Waals surface area (Å²) in [7, 11) is 0. The number of aliphatic hydroxyl groups excluding tert-OH is 1.